The van der Waals surface area contributed by atoms with Crippen molar-refractivity contribution in [1.82, 2.24) is 10.2 Å². The van der Waals surface area contributed by atoms with Crippen LogP contribution in [0.25, 0.3) is 0 Å². The number of likely N-dealkylation sites (N-methyl/N-ethyl adjacent to an activating group) is 1. The summed E-state index contributed by atoms with van der Waals surface area (Å²) in [7, 11) is 1.75. The van der Waals surface area contributed by atoms with Crippen molar-refractivity contribution in [2.24, 2.45) is 0 Å². The summed E-state index contributed by atoms with van der Waals surface area (Å²) in [5.41, 5.74) is 0.329. The predicted molar refractivity (Wildman–Crippen MR) is 74.6 cm³/mol. The molecule has 112 valence electrons. The van der Waals surface area contributed by atoms with E-state index in [-0.39, 0.29) is 12.1 Å². The molecule has 0 saturated carbocycles. The van der Waals surface area contributed by atoms with E-state index in [4.69, 9.17) is 4.74 Å². The summed E-state index contributed by atoms with van der Waals surface area (Å²) in [5, 5.41) is 3.06. The lowest BCUT2D eigenvalue weighted by molar-refractivity contribution is -0.0464. The van der Waals surface area contributed by atoms with E-state index < -0.39 is 11.6 Å². The SMILES string of the molecule is CCCN1CCOC(C(NC)c2cc(F)ccc2F)C1. The first-order valence-corrected chi connectivity index (χ1v) is 7.12. The summed E-state index contributed by atoms with van der Waals surface area (Å²) in [6, 6.07) is 3.21. The summed E-state index contributed by atoms with van der Waals surface area (Å²) < 4.78 is 33.1. The van der Waals surface area contributed by atoms with Crippen LogP contribution >= 0.6 is 0 Å². The van der Waals surface area contributed by atoms with Crippen molar-refractivity contribution in [1.29, 1.82) is 0 Å². The number of hydrogen-bond acceptors (Lipinski definition) is 3. The first kappa shape index (κ1) is 15.4. The maximum atomic E-state index is 13.9. The molecule has 1 aliphatic rings. The number of morpholine rings is 1. The summed E-state index contributed by atoms with van der Waals surface area (Å²) in [5.74, 6) is -0.829. The van der Waals surface area contributed by atoms with E-state index >= 15 is 0 Å². The molecule has 2 unspecified atom stereocenters. The molecule has 0 spiro atoms. The highest BCUT2D eigenvalue weighted by atomic mass is 19.1. The molecule has 2 rings (SSSR count). The molecule has 0 radical (unpaired) electrons. The van der Waals surface area contributed by atoms with Crippen molar-refractivity contribution < 1.29 is 13.5 Å². The summed E-state index contributed by atoms with van der Waals surface area (Å²) in [6.45, 7) is 5.38. The zero-order valence-electron chi connectivity index (χ0n) is 12.0. The number of rotatable bonds is 5. The van der Waals surface area contributed by atoms with Crippen LogP contribution in [0.5, 0.6) is 0 Å². The Morgan fingerprint density at radius 1 is 1.45 bits per heavy atom. The van der Waals surface area contributed by atoms with Gasteiger partial charge >= 0.3 is 0 Å². The van der Waals surface area contributed by atoms with Gasteiger partial charge in [0.05, 0.1) is 18.8 Å². The Morgan fingerprint density at radius 2 is 2.25 bits per heavy atom. The molecule has 5 heteroatoms. The van der Waals surface area contributed by atoms with Crippen molar-refractivity contribution in [2.75, 3.05) is 33.3 Å². The fourth-order valence-electron chi connectivity index (χ4n) is 2.75. The van der Waals surface area contributed by atoms with Gasteiger partial charge in [-0.05, 0) is 38.2 Å². The number of benzene rings is 1. The van der Waals surface area contributed by atoms with Gasteiger partial charge in [0.2, 0.25) is 0 Å². The Morgan fingerprint density at radius 3 is 2.95 bits per heavy atom. The minimum Gasteiger partial charge on any atom is -0.374 e. The second kappa shape index (κ2) is 7.11. The summed E-state index contributed by atoms with van der Waals surface area (Å²) in [6.07, 6.45) is 0.905. The van der Waals surface area contributed by atoms with E-state index in [1.165, 1.54) is 12.1 Å². The van der Waals surface area contributed by atoms with Gasteiger partial charge in [0, 0.05) is 18.7 Å². The molecule has 20 heavy (non-hydrogen) atoms. The van der Waals surface area contributed by atoms with Crippen LogP contribution in [0.3, 0.4) is 0 Å². The quantitative estimate of drug-likeness (QED) is 0.898. The molecular formula is C15H22F2N2O. The van der Waals surface area contributed by atoms with Crippen LogP contribution in [0, 0.1) is 11.6 Å². The van der Waals surface area contributed by atoms with Crippen molar-refractivity contribution in [3.63, 3.8) is 0 Å². The normalized spacial score (nSPS) is 21.9. The fraction of sp³-hybridized carbons (Fsp3) is 0.600. The lowest BCUT2D eigenvalue weighted by Gasteiger charge is -2.37. The fourth-order valence-corrected chi connectivity index (χ4v) is 2.75. The number of ether oxygens (including phenoxy) is 1. The topological polar surface area (TPSA) is 24.5 Å². The average Bonchev–Trinajstić information content (AvgIpc) is 2.44. The number of nitrogens with zero attached hydrogens (tertiary/aromatic N) is 1. The van der Waals surface area contributed by atoms with Crippen LogP contribution in [0.2, 0.25) is 0 Å². The third-order valence-corrected chi connectivity index (χ3v) is 3.69. The van der Waals surface area contributed by atoms with Gasteiger partial charge in [0.15, 0.2) is 0 Å². The van der Waals surface area contributed by atoms with Crippen molar-refractivity contribution in [3.05, 3.63) is 35.4 Å². The Hall–Kier alpha value is -1.04. The zero-order valence-corrected chi connectivity index (χ0v) is 12.0. The molecule has 1 aliphatic heterocycles. The van der Waals surface area contributed by atoms with Gasteiger partial charge < -0.3 is 10.1 Å². The maximum absolute atomic E-state index is 13.9. The highest BCUT2D eigenvalue weighted by Crippen LogP contribution is 2.25. The van der Waals surface area contributed by atoms with Gasteiger partial charge in [-0.15, -0.1) is 0 Å². The molecule has 1 fully saturated rings. The zero-order chi connectivity index (χ0) is 14.5. The van der Waals surface area contributed by atoms with Crippen molar-refractivity contribution in [2.45, 2.75) is 25.5 Å². The van der Waals surface area contributed by atoms with Gasteiger partial charge in [0.1, 0.15) is 11.6 Å². The second-order valence-electron chi connectivity index (χ2n) is 5.14. The van der Waals surface area contributed by atoms with Crippen LogP contribution in [-0.2, 0) is 4.74 Å². The molecule has 3 nitrogen and oxygen atoms in total. The highest BCUT2D eigenvalue weighted by Gasteiger charge is 2.29. The highest BCUT2D eigenvalue weighted by molar-refractivity contribution is 5.23. The smallest absolute Gasteiger partial charge is 0.128 e. The monoisotopic (exact) mass is 284 g/mol. The molecule has 1 saturated heterocycles. The molecule has 1 N–H and O–H groups in total. The molecular weight excluding hydrogens is 262 g/mol. The predicted octanol–water partition coefficient (Wildman–Crippen LogP) is 2.34. The third-order valence-electron chi connectivity index (χ3n) is 3.69. The maximum Gasteiger partial charge on any atom is 0.128 e. The largest absolute Gasteiger partial charge is 0.374 e. The number of nitrogens with one attached hydrogen (secondary N) is 1. The first-order chi connectivity index (χ1) is 9.65. The second-order valence-corrected chi connectivity index (χ2v) is 5.14. The van der Waals surface area contributed by atoms with Crippen LogP contribution in [0.4, 0.5) is 8.78 Å². The Bertz CT molecular complexity index is 440. The average molecular weight is 284 g/mol. The first-order valence-electron chi connectivity index (χ1n) is 7.12. The third kappa shape index (κ3) is 3.53. The summed E-state index contributed by atoms with van der Waals surface area (Å²) >= 11 is 0. The van der Waals surface area contributed by atoms with Crippen LogP contribution in [0.15, 0.2) is 18.2 Å². The minimum atomic E-state index is -0.428. The molecule has 0 aliphatic carbocycles. The van der Waals surface area contributed by atoms with Gasteiger partial charge in [-0.3, -0.25) is 4.90 Å². The van der Waals surface area contributed by atoms with Crippen molar-refractivity contribution >= 4 is 0 Å². The van der Waals surface area contributed by atoms with E-state index in [1.54, 1.807) is 7.05 Å². The van der Waals surface area contributed by atoms with Gasteiger partial charge in [-0.1, -0.05) is 6.92 Å². The standard InChI is InChI=1S/C15H22F2N2O/c1-3-6-19-7-8-20-14(10-19)15(18-2)12-9-11(16)4-5-13(12)17/h4-5,9,14-15,18H,3,6-8,10H2,1-2H3. The van der Waals surface area contributed by atoms with Crippen LogP contribution < -0.4 is 5.32 Å². The van der Waals surface area contributed by atoms with E-state index in [2.05, 4.69) is 17.1 Å². The molecule has 0 aromatic heterocycles. The van der Waals surface area contributed by atoms with Gasteiger partial charge in [-0.25, -0.2) is 8.78 Å². The lowest BCUT2D eigenvalue weighted by atomic mass is 9.99. The van der Waals surface area contributed by atoms with E-state index in [0.717, 1.165) is 32.1 Å². The molecule has 0 bridgehead atoms. The summed E-state index contributed by atoms with van der Waals surface area (Å²) in [4.78, 5) is 2.30. The Balaban J connectivity index is 2.16. The van der Waals surface area contributed by atoms with Crippen molar-refractivity contribution in [3.8, 4) is 0 Å². The van der Waals surface area contributed by atoms with Gasteiger partial charge in [-0.2, -0.15) is 0 Å². The molecule has 2 atom stereocenters. The van der Waals surface area contributed by atoms with E-state index in [9.17, 15) is 8.78 Å². The molecule has 1 heterocycles. The Labute approximate surface area is 118 Å². The number of halogens is 2. The lowest BCUT2D eigenvalue weighted by Crippen LogP contribution is -2.48. The van der Waals surface area contributed by atoms with Crippen LogP contribution in [-0.4, -0.2) is 44.3 Å². The van der Waals surface area contributed by atoms with E-state index in [1.807, 2.05) is 0 Å². The molecule has 0 amide bonds. The Kier molecular flexibility index (Phi) is 5.46. The molecule has 1 aromatic carbocycles. The molecule has 1 aromatic rings. The van der Waals surface area contributed by atoms with Crippen LogP contribution in [0.1, 0.15) is 24.9 Å². The van der Waals surface area contributed by atoms with Gasteiger partial charge in [0.25, 0.3) is 0 Å². The van der Waals surface area contributed by atoms with E-state index in [0.29, 0.717) is 12.2 Å². The number of hydrogen-bond donors (Lipinski definition) is 1. The minimum absolute atomic E-state index is 0.170.